The second-order valence-corrected chi connectivity index (χ2v) is 9.35. The molecule has 0 aliphatic carbocycles. The van der Waals surface area contributed by atoms with E-state index in [0.29, 0.717) is 17.9 Å². The van der Waals surface area contributed by atoms with Crippen molar-refractivity contribution in [3.8, 4) is 0 Å². The van der Waals surface area contributed by atoms with Gasteiger partial charge < -0.3 is 0 Å². The first-order valence-electron chi connectivity index (χ1n) is 9.98. The average Bonchev–Trinajstić information content (AvgIpc) is 2.71. The summed E-state index contributed by atoms with van der Waals surface area (Å²) in [5.41, 5.74) is 6.03. The van der Waals surface area contributed by atoms with Crippen molar-refractivity contribution in [2.24, 2.45) is 0 Å². The molecule has 3 aromatic rings. The Balaban J connectivity index is 1.83. The summed E-state index contributed by atoms with van der Waals surface area (Å²) in [5, 5.41) is 0. The van der Waals surface area contributed by atoms with Gasteiger partial charge in [0.25, 0.3) is 0 Å². The maximum absolute atomic E-state index is 13.1. The highest BCUT2D eigenvalue weighted by Crippen LogP contribution is 2.29. The lowest BCUT2D eigenvalue weighted by atomic mass is 9.89. The van der Waals surface area contributed by atoms with Crippen LogP contribution in [0.25, 0.3) is 0 Å². The van der Waals surface area contributed by atoms with Crippen LogP contribution >= 0.6 is 0 Å². The van der Waals surface area contributed by atoms with Crippen molar-refractivity contribution in [1.29, 1.82) is 0 Å². The van der Waals surface area contributed by atoms with Gasteiger partial charge in [-0.2, -0.15) is 0 Å². The van der Waals surface area contributed by atoms with Gasteiger partial charge >= 0.3 is 0 Å². The van der Waals surface area contributed by atoms with Crippen molar-refractivity contribution in [3.63, 3.8) is 0 Å². The largest absolute Gasteiger partial charge is 0.241 e. The number of hydrogen-bond donors (Lipinski definition) is 1. The molecule has 0 aliphatic heterocycles. The van der Waals surface area contributed by atoms with Gasteiger partial charge in [-0.1, -0.05) is 66.7 Å². The predicted octanol–water partition coefficient (Wildman–Crippen LogP) is 5.42. The highest BCUT2D eigenvalue weighted by molar-refractivity contribution is 7.89. The Morgan fingerprint density at radius 3 is 1.66 bits per heavy atom. The van der Waals surface area contributed by atoms with Gasteiger partial charge in [0.2, 0.25) is 10.0 Å². The van der Waals surface area contributed by atoms with E-state index in [0.717, 1.165) is 22.3 Å². The molecule has 0 spiro atoms. The van der Waals surface area contributed by atoms with Crippen LogP contribution < -0.4 is 4.72 Å². The molecule has 0 saturated heterocycles. The Kier molecular flexibility index (Phi) is 6.56. The normalized spacial score (nSPS) is 11.8. The summed E-state index contributed by atoms with van der Waals surface area (Å²) in [6, 6.07) is 22.6. The molecule has 0 radical (unpaired) electrons. The van der Waals surface area contributed by atoms with Gasteiger partial charge in [-0.05, 0) is 67.5 Å². The van der Waals surface area contributed by atoms with Crippen LogP contribution in [0.3, 0.4) is 0 Å². The molecule has 0 saturated carbocycles. The highest BCUT2D eigenvalue weighted by atomic mass is 32.2. The molecule has 0 unspecified atom stereocenters. The Labute approximate surface area is 174 Å². The van der Waals surface area contributed by atoms with Gasteiger partial charge in [0.15, 0.2) is 0 Å². The number of rotatable bonds is 7. The van der Waals surface area contributed by atoms with Gasteiger partial charge in [0, 0.05) is 12.5 Å². The third-order valence-corrected chi connectivity index (χ3v) is 7.43. The summed E-state index contributed by atoms with van der Waals surface area (Å²) >= 11 is 0. The fraction of sp³-hybridized carbons (Fsp3) is 0.280. The third-order valence-electron chi connectivity index (χ3n) is 5.69. The summed E-state index contributed by atoms with van der Waals surface area (Å²) in [5.74, 6) is 0.140. The Bertz CT molecular complexity index is 1010. The lowest BCUT2D eigenvalue weighted by Crippen LogP contribution is -2.28. The quantitative estimate of drug-likeness (QED) is 0.568. The summed E-state index contributed by atoms with van der Waals surface area (Å²) in [6.45, 7) is 8.06. The van der Waals surface area contributed by atoms with Crippen LogP contribution in [-0.2, 0) is 10.0 Å². The highest BCUT2D eigenvalue weighted by Gasteiger charge is 2.22. The van der Waals surface area contributed by atoms with Crippen molar-refractivity contribution in [2.75, 3.05) is 6.54 Å². The van der Waals surface area contributed by atoms with E-state index in [1.807, 2.05) is 70.2 Å². The third kappa shape index (κ3) is 4.77. The second kappa shape index (κ2) is 8.93. The van der Waals surface area contributed by atoms with E-state index < -0.39 is 10.0 Å². The molecule has 3 nitrogen and oxygen atoms in total. The fourth-order valence-corrected chi connectivity index (χ4v) is 5.55. The van der Waals surface area contributed by atoms with Crippen LogP contribution in [0, 0.1) is 27.7 Å². The Morgan fingerprint density at radius 2 is 1.21 bits per heavy atom. The maximum Gasteiger partial charge on any atom is 0.241 e. The fourth-order valence-electron chi connectivity index (χ4n) is 3.89. The lowest BCUT2D eigenvalue weighted by molar-refractivity contribution is 0.573. The molecular formula is C25H29NO2S. The average molecular weight is 408 g/mol. The summed E-state index contributed by atoms with van der Waals surface area (Å²) in [4.78, 5) is 0.422. The number of sulfonamides is 1. The lowest BCUT2D eigenvalue weighted by Gasteiger charge is -2.20. The molecule has 4 heteroatoms. The van der Waals surface area contributed by atoms with Gasteiger partial charge in [-0.15, -0.1) is 0 Å². The van der Waals surface area contributed by atoms with Crippen LogP contribution in [-0.4, -0.2) is 15.0 Å². The molecule has 0 fully saturated rings. The molecule has 3 rings (SSSR count). The molecule has 0 amide bonds. The first-order valence-corrected chi connectivity index (χ1v) is 11.5. The van der Waals surface area contributed by atoms with Crippen LogP contribution in [0.5, 0.6) is 0 Å². The monoisotopic (exact) mass is 407 g/mol. The minimum Gasteiger partial charge on any atom is -0.211 e. The molecule has 0 atom stereocenters. The maximum atomic E-state index is 13.1. The molecule has 29 heavy (non-hydrogen) atoms. The first kappa shape index (κ1) is 21.3. The molecule has 152 valence electrons. The van der Waals surface area contributed by atoms with E-state index in [9.17, 15) is 8.42 Å². The Morgan fingerprint density at radius 1 is 0.759 bits per heavy atom. The van der Waals surface area contributed by atoms with E-state index in [-0.39, 0.29) is 5.92 Å². The first-order chi connectivity index (χ1) is 13.8. The molecule has 3 aromatic carbocycles. The number of aryl methyl sites for hydroxylation is 2. The van der Waals surface area contributed by atoms with Crippen LogP contribution in [0.15, 0.2) is 71.6 Å². The van der Waals surface area contributed by atoms with Crippen molar-refractivity contribution < 1.29 is 8.42 Å². The van der Waals surface area contributed by atoms with E-state index in [1.54, 1.807) is 0 Å². The molecule has 0 aliphatic rings. The number of hydrogen-bond acceptors (Lipinski definition) is 2. The smallest absolute Gasteiger partial charge is 0.211 e. The van der Waals surface area contributed by atoms with Gasteiger partial charge in [0.1, 0.15) is 0 Å². The van der Waals surface area contributed by atoms with E-state index in [1.165, 1.54) is 11.1 Å². The van der Waals surface area contributed by atoms with Crippen molar-refractivity contribution in [3.05, 3.63) is 100 Å². The summed E-state index contributed by atoms with van der Waals surface area (Å²) < 4.78 is 29.1. The van der Waals surface area contributed by atoms with E-state index in [2.05, 4.69) is 29.0 Å². The minimum atomic E-state index is -3.58. The molecule has 0 heterocycles. The second-order valence-electron chi connectivity index (χ2n) is 7.65. The zero-order valence-electron chi connectivity index (χ0n) is 17.6. The molecule has 0 bridgehead atoms. The topological polar surface area (TPSA) is 46.2 Å². The predicted molar refractivity (Wildman–Crippen MR) is 120 cm³/mol. The molecule has 0 aromatic heterocycles. The Hall–Kier alpha value is -2.43. The number of benzene rings is 3. The van der Waals surface area contributed by atoms with Crippen molar-refractivity contribution >= 4 is 10.0 Å². The molecule has 1 N–H and O–H groups in total. The van der Waals surface area contributed by atoms with Gasteiger partial charge in [-0.3, -0.25) is 0 Å². The minimum absolute atomic E-state index is 0.140. The van der Waals surface area contributed by atoms with Crippen molar-refractivity contribution in [2.45, 2.75) is 44.9 Å². The molecular weight excluding hydrogens is 378 g/mol. The SMILES string of the molecule is Cc1cc(C)c(C)c(S(=O)(=O)NCCC(c2ccccc2)c2ccccc2)c1C. The van der Waals surface area contributed by atoms with Crippen LogP contribution in [0.1, 0.15) is 45.7 Å². The zero-order valence-corrected chi connectivity index (χ0v) is 18.4. The van der Waals surface area contributed by atoms with E-state index in [4.69, 9.17) is 0 Å². The summed E-state index contributed by atoms with van der Waals surface area (Å²) in [6.07, 6.45) is 0.691. The van der Waals surface area contributed by atoms with Gasteiger partial charge in [-0.25, -0.2) is 13.1 Å². The number of nitrogens with one attached hydrogen (secondary N) is 1. The van der Waals surface area contributed by atoms with Crippen molar-refractivity contribution in [1.82, 2.24) is 4.72 Å². The zero-order chi connectivity index (χ0) is 21.0. The van der Waals surface area contributed by atoms with Gasteiger partial charge in [0.05, 0.1) is 4.90 Å². The summed E-state index contributed by atoms with van der Waals surface area (Å²) in [7, 11) is -3.58. The van der Waals surface area contributed by atoms with E-state index >= 15 is 0 Å². The van der Waals surface area contributed by atoms with Crippen LogP contribution in [0.2, 0.25) is 0 Å². The van der Waals surface area contributed by atoms with Crippen LogP contribution in [0.4, 0.5) is 0 Å². The standard InChI is InChI=1S/C25H29NO2S/c1-18-17-19(2)21(4)25(20(18)3)29(27,28)26-16-15-24(22-11-7-5-8-12-22)23-13-9-6-10-14-23/h5-14,17,24,26H,15-16H2,1-4H3.